The van der Waals surface area contributed by atoms with Crippen molar-refractivity contribution in [2.75, 3.05) is 5.32 Å². The van der Waals surface area contributed by atoms with Crippen molar-refractivity contribution in [3.63, 3.8) is 0 Å². The minimum atomic E-state index is -0.773. The number of nitrogens with zero attached hydrogens (tertiary/aromatic N) is 2. The molecule has 0 saturated heterocycles. The van der Waals surface area contributed by atoms with Crippen LogP contribution in [0.15, 0.2) is 50.5 Å². The first-order valence-corrected chi connectivity index (χ1v) is 9.03. The van der Waals surface area contributed by atoms with Gasteiger partial charge in [0.15, 0.2) is 5.65 Å². The van der Waals surface area contributed by atoms with Crippen molar-refractivity contribution in [3.8, 4) is 16.9 Å². The molecule has 0 fully saturated rings. The predicted molar refractivity (Wildman–Crippen MR) is 110 cm³/mol. The van der Waals surface area contributed by atoms with Gasteiger partial charge in [-0.15, -0.1) is 0 Å². The van der Waals surface area contributed by atoms with Crippen LogP contribution >= 0.6 is 23.2 Å². The summed E-state index contributed by atoms with van der Waals surface area (Å²) in [6, 6.07) is 7.51. The maximum atomic E-state index is 12.8. The first kappa shape index (κ1) is 19.0. The van der Waals surface area contributed by atoms with Crippen LogP contribution in [0.5, 0.6) is 5.75 Å². The molecule has 0 unspecified atom stereocenters. The van der Waals surface area contributed by atoms with Gasteiger partial charge in [0, 0.05) is 33.6 Å². The van der Waals surface area contributed by atoms with Gasteiger partial charge in [-0.2, -0.15) is 4.98 Å². The van der Waals surface area contributed by atoms with Gasteiger partial charge in [0.05, 0.1) is 5.39 Å². The van der Waals surface area contributed by atoms with Gasteiger partial charge in [0.25, 0.3) is 5.56 Å². The Morgan fingerprint density at radius 2 is 1.86 bits per heavy atom. The lowest BCUT2D eigenvalue weighted by atomic mass is 10.0. The molecule has 8 nitrogen and oxygen atoms in total. The second kappa shape index (κ2) is 7.23. The third kappa shape index (κ3) is 3.67. The second-order valence-corrected chi connectivity index (χ2v) is 7.03. The maximum absolute atomic E-state index is 12.8. The van der Waals surface area contributed by atoms with Crippen LogP contribution in [0.25, 0.3) is 22.2 Å². The molecule has 3 heterocycles. The molecular formula is C19H12Cl2N4O4. The number of aryl methyl sites for hydroxylation is 1. The molecule has 0 bridgehead atoms. The van der Waals surface area contributed by atoms with E-state index in [1.165, 1.54) is 25.3 Å². The highest BCUT2D eigenvalue weighted by Crippen LogP contribution is 2.30. The van der Waals surface area contributed by atoms with Gasteiger partial charge in [-0.3, -0.25) is 9.78 Å². The van der Waals surface area contributed by atoms with Gasteiger partial charge in [0.1, 0.15) is 17.1 Å². The molecule has 0 amide bonds. The number of nitrogens with one attached hydrogen (secondary N) is 2. The molecule has 1 aromatic carbocycles. The van der Waals surface area contributed by atoms with E-state index in [2.05, 4.69) is 20.3 Å². The van der Waals surface area contributed by atoms with Crippen molar-refractivity contribution >= 4 is 45.9 Å². The molecule has 0 atom stereocenters. The Labute approximate surface area is 172 Å². The topological polar surface area (TPSA) is 121 Å². The Kier molecular flexibility index (Phi) is 4.73. The number of aromatic nitrogens is 3. The minimum absolute atomic E-state index is 0.0358. The molecular weight excluding hydrogens is 419 g/mol. The van der Waals surface area contributed by atoms with E-state index in [0.717, 1.165) is 0 Å². The predicted octanol–water partition coefficient (Wildman–Crippen LogP) is 4.00. The number of rotatable bonds is 3. The van der Waals surface area contributed by atoms with Gasteiger partial charge in [-0.1, -0.05) is 23.2 Å². The average molecular weight is 431 g/mol. The third-order valence-corrected chi connectivity index (χ3v) is 4.49. The average Bonchev–Trinajstić information content (AvgIpc) is 2.59. The van der Waals surface area contributed by atoms with Crippen LogP contribution in [0.1, 0.15) is 5.76 Å². The van der Waals surface area contributed by atoms with Gasteiger partial charge in [0.2, 0.25) is 5.95 Å². The summed E-state index contributed by atoms with van der Waals surface area (Å²) in [6.07, 6.45) is 1.38. The monoisotopic (exact) mass is 430 g/mol. The van der Waals surface area contributed by atoms with E-state index in [1.807, 2.05) is 0 Å². The number of hydrogen-bond donors (Lipinski definition) is 3. The molecule has 10 heteroatoms. The second-order valence-electron chi connectivity index (χ2n) is 6.16. The number of fused-ring (bicyclic) bond motifs is 1. The molecule has 3 aromatic heterocycles. The molecule has 0 radical (unpaired) electrons. The number of hydrogen-bond acceptors (Lipinski definition) is 7. The summed E-state index contributed by atoms with van der Waals surface area (Å²) in [6.45, 7) is 1.53. The number of pyridine rings is 1. The number of aromatic hydroxyl groups is 1. The van der Waals surface area contributed by atoms with E-state index in [9.17, 15) is 14.7 Å². The Hall–Kier alpha value is -3.36. The zero-order chi connectivity index (χ0) is 20.7. The lowest BCUT2D eigenvalue weighted by Gasteiger charge is -2.09. The summed E-state index contributed by atoms with van der Waals surface area (Å²) >= 11 is 12.0. The van der Waals surface area contributed by atoms with E-state index >= 15 is 0 Å². The van der Waals surface area contributed by atoms with Crippen molar-refractivity contribution < 1.29 is 9.52 Å². The van der Waals surface area contributed by atoms with E-state index in [4.69, 9.17) is 27.6 Å². The fourth-order valence-corrected chi connectivity index (χ4v) is 3.46. The highest BCUT2D eigenvalue weighted by molar-refractivity contribution is 6.35. The van der Waals surface area contributed by atoms with E-state index in [-0.39, 0.29) is 39.6 Å². The first-order chi connectivity index (χ1) is 13.8. The Balaban J connectivity index is 1.87. The number of anilines is 2. The summed E-state index contributed by atoms with van der Waals surface area (Å²) in [5, 5.41) is 14.0. The maximum Gasteiger partial charge on any atom is 0.347 e. The van der Waals surface area contributed by atoms with Crippen molar-refractivity contribution in [2.24, 2.45) is 0 Å². The van der Waals surface area contributed by atoms with Crippen molar-refractivity contribution in [1.82, 2.24) is 15.0 Å². The van der Waals surface area contributed by atoms with Crippen LogP contribution in [-0.4, -0.2) is 20.1 Å². The number of H-pyrrole nitrogens is 1. The minimum Gasteiger partial charge on any atom is -0.507 e. The van der Waals surface area contributed by atoms with Crippen LogP contribution in [-0.2, 0) is 0 Å². The summed E-state index contributed by atoms with van der Waals surface area (Å²) in [5.74, 6) is 0.0420. The highest BCUT2D eigenvalue weighted by atomic mass is 35.5. The first-order valence-electron chi connectivity index (χ1n) is 8.28. The summed E-state index contributed by atoms with van der Waals surface area (Å²) in [7, 11) is 0. The molecule has 146 valence electrons. The van der Waals surface area contributed by atoms with E-state index < -0.39 is 11.2 Å². The zero-order valence-electron chi connectivity index (χ0n) is 14.8. The largest absolute Gasteiger partial charge is 0.507 e. The SMILES string of the molecule is Cc1cc(O)c(-c2ccnc3nc(Nc4cc(Cl)cc(Cl)c4)[nH]c(=O)c23)c(=O)o1. The Bertz CT molecular complexity index is 1360. The van der Waals surface area contributed by atoms with Crippen LogP contribution in [0.2, 0.25) is 10.0 Å². The zero-order valence-corrected chi connectivity index (χ0v) is 16.3. The normalized spacial score (nSPS) is 11.0. The molecule has 0 spiro atoms. The molecule has 0 aliphatic rings. The van der Waals surface area contributed by atoms with Gasteiger partial charge >= 0.3 is 5.63 Å². The highest BCUT2D eigenvalue weighted by Gasteiger charge is 2.18. The summed E-state index contributed by atoms with van der Waals surface area (Å²) in [4.78, 5) is 36.0. The molecule has 0 aliphatic heterocycles. The van der Waals surface area contributed by atoms with E-state index in [0.29, 0.717) is 15.7 Å². The van der Waals surface area contributed by atoms with Crippen LogP contribution in [0.4, 0.5) is 11.6 Å². The van der Waals surface area contributed by atoms with Crippen molar-refractivity contribution in [3.05, 3.63) is 73.1 Å². The molecule has 3 N–H and O–H groups in total. The quantitative estimate of drug-likeness (QED) is 0.448. The lowest BCUT2D eigenvalue weighted by molar-refractivity contribution is 0.438. The van der Waals surface area contributed by atoms with Gasteiger partial charge in [-0.05, 0) is 31.2 Å². The van der Waals surface area contributed by atoms with Crippen molar-refractivity contribution in [1.29, 1.82) is 0 Å². The number of aromatic amines is 1. The summed E-state index contributed by atoms with van der Waals surface area (Å²) < 4.78 is 5.05. The van der Waals surface area contributed by atoms with E-state index in [1.54, 1.807) is 18.2 Å². The Morgan fingerprint density at radius 3 is 2.55 bits per heavy atom. The Morgan fingerprint density at radius 1 is 1.14 bits per heavy atom. The van der Waals surface area contributed by atoms with Gasteiger partial charge in [-0.25, -0.2) is 9.78 Å². The molecule has 4 rings (SSSR count). The fraction of sp³-hybridized carbons (Fsp3) is 0.0526. The molecule has 0 saturated carbocycles. The van der Waals surface area contributed by atoms with Crippen LogP contribution in [0, 0.1) is 6.92 Å². The summed E-state index contributed by atoms with van der Waals surface area (Å²) in [5.41, 5.74) is -0.734. The number of benzene rings is 1. The molecule has 29 heavy (non-hydrogen) atoms. The van der Waals surface area contributed by atoms with Crippen LogP contribution < -0.4 is 16.5 Å². The van der Waals surface area contributed by atoms with Crippen molar-refractivity contribution in [2.45, 2.75) is 6.92 Å². The standard InChI is InChI=1S/C19H12Cl2N4O4/c1-8-4-13(26)14(18(28)29-8)12-2-3-22-16-15(12)17(27)25-19(24-16)23-11-6-9(20)5-10(21)7-11/h2-7,26H,1H3,(H2,22,23,24,25,27). The smallest absolute Gasteiger partial charge is 0.347 e. The number of halogens is 2. The van der Waals surface area contributed by atoms with Gasteiger partial charge < -0.3 is 14.8 Å². The lowest BCUT2D eigenvalue weighted by Crippen LogP contribution is -2.14. The molecule has 4 aromatic rings. The van der Waals surface area contributed by atoms with Crippen LogP contribution in [0.3, 0.4) is 0 Å². The fourth-order valence-electron chi connectivity index (χ4n) is 2.94. The third-order valence-electron chi connectivity index (χ3n) is 4.06. The molecule has 0 aliphatic carbocycles.